The van der Waals surface area contributed by atoms with Crippen LogP contribution in [0.1, 0.15) is 49.4 Å². The second kappa shape index (κ2) is 9.78. The molecular formula is C23H28Cl2N2O. The number of hydrogen-bond acceptors (Lipinski definition) is 2. The maximum atomic E-state index is 12.7. The van der Waals surface area contributed by atoms with Crippen LogP contribution in [0, 0.1) is 5.92 Å². The van der Waals surface area contributed by atoms with Crippen LogP contribution in [-0.2, 0) is 17.8 Å². The number of amides is 1. The zero-order chi connectivity index (χ0) is 20.1. The Kier molecular flexibility index (Phi) is 7.39. The highest BCUT2D eigenvalue weighted by Gasteiger charge is 2.26. The molecule has 1 fully saturated rings. The molecule has 150 valence electrons. The molecule has 1 amide bonds. The smallest absolute Gasteiger partial charge is 0.223 e. The lowest BCUT2D eigenvalue weighted by atomic mass is 9.94. The van der Waals surface area contributed by atoms with E-state index in [4.69, 9.17) is 23.2 Å². The van der Waals surface area contributed by atoms with Gasteiger partial charge in [-0.05, 0) is 62.5 Å². The zero-order valence-electron chi connectivity index (χ0n) is 16.6. The minimum Gasteiger partial charge on any atom is -0.349 e. The highest BCUT2D eigenvalue weighted by Crippen LogP contribution is 2.28. The number of aryl methyl sites for hydroxylation is 1. The summed E-state index contributed by atoms with van der Waals surface area (Å²) in [6.45, 7) is 6.67. The number of carbonyl (C=O) groups is 1. The van der Waals surface area contributed by atoms with Crippen LogP contribution in [0.5, 0.6) is 0 Å². The Labute approximate surface area is 178 Å². The van der Waals surface area contributed by atoms with Crippen molar-refractivity contribution < 1.29 is 4.79 Å². The van der Waals surface area contributed by atoms with Crippen LogP contribution < -0.4 is 5.32 Å². The Balaban J connectivity index is 1.50. The van der Waals surface area contributed by atoms with Gasteiger partial charge in [0.05, 0.1) is 6.04 Å². The maximum Gasteiger partial charge on any atom is 0.223 e. The van der Waals surface area contributed by atoms with E-state index in [1.54, 1.807) is 0 Å². The molecule has 0 bridgehead atoms. The van der Waals surface area contributed by atoms with E-state index >= 15 is 0 Å². The Bertz CT molecular complexity index is 778. The van der Waals surface area contributed by atoms with Gasteiger partial charge in [-0.3, -0.25) is 9.69 Å². The molecule has 1 aliphatic heterocycles. The summed E-state index contributed by atoms with van der Waals surface area (Å²) in [5, 5.41) is 4.59. The van der Waals surface area contributed by atoms with Crippen LogP contribution in [0.4, 0.5) is 0 Å². The van der Waals surface area contributed by atoms with Gasteiger partial charge in [0.1, 0.15) is 0 Å². The topological polar surface area (TPSA) is 32.3 Å². The van der Waals surface area contributed by atoms with Gasteiger partial charge in [0, 0.05) is 28.1 Å². The molecule has 0 radical (unpaired) electrons. The molecule has 28 heavy (non-hydrogen) atoms. The van der Waals surface area contributed by atoms with E-state index in [2.05, 4.69) is 41.4 Å². The second-order valence-corrected chi connectivity index (χ2v) is 8.39. The number of piperidine rings is 1. The van der Waals surface area contributed by atoms with Crippen molar-refractivity contribution in [1.29, 1.82) is 0 Å². The van der Waals surface area contributed by atoms with E-state index in [9.17, 15) is 4.79 Å². The van der Waals surface area contributed by atoms with Crippen LogP contribution >= 0.6 is 23.2 Å². The normalized spacial score (nSPS) is 16.7. The van der Waals surface area contributed by atoms with Gasteiger partial charge >= 0.3 is 0 Å². The van der Waals surface area contributed by atoms with Crippen molar-refractivity contribution in [2.45, 2.75) is 45.7 Å². The van der Waals surface area contributed by atoms with Crippen molar-refractivity contribution in [3.05, 3.63) is 69.2 Å². The number of likely N-dealkylation sites (tertiary alicyclic amines) is 1. The summed E-state index contributed by atoms with van der Waals surface area (Å²) in [6.07, 6.45) is 2.74. The van der Waals surface area contributed by atoms with E-state index in [0.717, 1.165) is 50.0 Å². The quantitative estimate of drug-likeness (QED) is 0.657. The van der Waals surface area contributed by atoms with E-state index in [1.165, 1.54) is 5.56 Å². The lowest BCUT2D eigenvalue weighted by Gasteiger charge is -2.32. The van der Waals surface area contributed by atoms with Crippen LogP contribution in [0.15, 0.2) is 42.5 Å². The first-order valence-electron chi connectivity index (χ1n) is 10.0. The predicted molar refractivity (Wildman–Crippen MR) is 117 cm³/mol. The third kappa shape index (κ3) is 5.28. The molecule has 3 rings (SSSR count). The fourth-order valence-corrected chi connectivity index (χ4v) is 4.23. The fourth-order valence-electron chi connectivity index (χ4n) is 3.72. The van der Waals surface area contributed by atoms with Gasteiger partial charge in [0.15, 0.2) is 0 Å². The first-order valence-corrected chi connectivity index (χ1v) is 10.8. The monoisotopic (exact) mass is 418 g/mol. The Morgan fingerprint density at radius 2 is 1.71 bits per heavy atom. The van der Waals surface area contributed by atoms with E-state index in [0.29, 0.717) is 10.0 Å². The lowest BCUT2D eigenvalue weighted by molar-refractivity contribution is -0.127. The summed E-state index contributed by atoms with van der Waals surface area (Å²) >= 11 is 12.6. The molecular weight excluding hydrogens is 391 g/mol. The van der Waals surface area contributed by atoms with Gasteiger partial charge in [0.2, 0.25) is 5.91 Å². The molecule has 0 spiro atoms. The third-order valence-electron chi connectivity index (χ3n) is 5.65. The summed E-state index contributed by atoms with van der Waals surface area (Å²) in [5.74, 6) is 0.220. The van der Waals surface area contributed by atoms with Gasteiger partial charge in [0.25, 0.3) is 0 Å². The molecule has 1 N–H and O–H groups in total. The van der Waals surface area contributed by atoms with Crippen molar-refractivity contribution >= 4 is 29.1 Å². The number of carbonyl (C=O) groups excluding carboxylic acids is 1. The molecule has 1 aliphatic rings. The molecule has 1 saturated heterocycles. The highest BCUT2D eigenvalue weighted by molar-refractivity contribution is 6.35. The second-order valence-electron chi connectivity index (χ2n) is 7.58. The average Bonchev–Trinajstić information content (AvgIpc) is 2.71. The lowest BCUT2D eigenvalue weighted by Crippen LogP contribution is -2.41. The van der Waals surface area contributed by atoms with Crippen molar-refractivity contribution in [1.82, 2.24) is 10.2 Å². The van der Waals surface area contributed by atoms with Crippen LogP contribution in [0.25, 0.3) is 0 Å². The standard InChI is InChI=1S/C23H28Cl2N2O/c1-3-17-7-9-18(10-8-17)16(2)26-23(28)19-11-13-27(14-12-19)15-20-21(24)5-4-6-22(20)25/h4-10,16,19H,3,11-15H2,1-2H3,(H,26,28)/t16-/m0/s1. The molecule has 0 unspecified atom stereocenters. The Morgan fingerprint density at radius 1 is 1.11 bits per heavy atom. The third-order valence-corrected chi connectivity index (χ3v) is 6.36. The van der Waals surface area contributed by atoms with Crippen molar-refractivity contribution in [3.8, 4) is 0 Å². The number of hydrogen-bond donors (Lipinski definition) is 1. The number of benzene rings is 2. The highest BCUT2D eigenvalue weighted by atomic mass is 35.5. The minimum absolute atomic E-state index is 0.0263. The largest absolute Gasteiger partial charge is 0.349 e. The Morgan fingerprint density at radius 3 is 2.29 bits per heavy atom. The van der Waals surface area contributed by atoms with E-state index in [-0.39, 0.29) is 17.9 Å². The fraction of sp³-hybridized carbons (Fsp3) is 0.435. The van der Waals surface area contributed by atoms with E-state index < -0.39 is 0 Å². The number of halogens is 2. The molecule has 2 aromatic rings. The molecule has 2 aromatic carbocycles. The molecule has 0 aromatic heterocycles. The van der Waals surface area contributed by atoms with Crippen LogP contribution in [-0.4, -0.2) is 23.9 Å². The van der Waals surface area contributed by atoms with Gasteiger partial charge in [-0.2, -0.15) is 0 Å². The first kappa shape index (κ1) is 21.2. The average molecular weight is 419 g/mol. The molecule has 5 heteroatoms. The molecule has 0 saturated carbocycles. The number of nitrogens with one attached hydrogen (secondary N) is 1. The van der Waals surface area contributed by atoms with Gasteiger partial charge < -0.3 is 5.32 Å². The predicted octanol–water partition coefficient (Wildman–Crippen LogP) is 5.65. The maximum absolute atomic E-state index is 12.7. The number of rotatable bonds is 6. The zero-order valence-corrected chi connectivity index (χ0v) is 18.1. The van der Waals surface area contributed by atoms with Gasteiger partial charge in [-0.1, -0.05) is 60.5 Å². The summed E-state index contributed by atoms with van der Waals surface area (Å²) in [6, 6.07) is 14.1. The molecule has 3 nitrogen and oxygen atoms in total. The van der Waals surface area contributed by atoms with Crippen molar-refractivity contribution in [3.63, 3.8) is 0 Å². The summed E-state index contributed by atoms with van der Waals surface area (Å²) < 4.78 is 0. The van der Waals surface area contributed by atoms with E-state index in [1.807, 2.05) is 25.1 Å². The SMILES string of the molecule is CCc1ccc([C@H](C)NC(=O)C2CCN(Cc3c(Cl)cccc3Cl)CC2)cc1. The Hall–Kier alpha value is -1.55. The van der Waals surface area contributed by atoms with Crippen LogP contribution in [0.3, 0.4) is 0 Å². The summed E-state index contributed by atoms with van der Waals surface area (Å²) in [5.41, 5.74) is 3.43. The van der Waals surface area contributed by atoms with Crippen molar-refractivity contribution in [2.24, 2.45) is 5.92 Å². The molecule has 0 aliphatic carbocycles. The van der Waals surface area contributed by atoms with Gasteiger partial charge in [-0.15, -0.1) is 0 Å². The minimum atomic E-state index is 0.0263. The van der Waals surface area contributed by atoms with Crippen molar-refractivity contribution in [2.75, 3.05) is 13.1 Å². The number of nitrogens with zero attached hydrogens (tertiary/aromatic N) is 1. The van der Waals surface area contributed by atoms with Crippen LogP contribution in [0.2, 0.25) is 10.0 Å². The first-order chi connectivity index (χ1) is 13.5. The summed E-state index contributed by atoms with van der Waals surface area (Å²) in [4.78, 5) is 15.0. The molecule has 1 heterocycles. The van der Waals surface area contributed by atoms with Gasteiger partial charge in [-0.25, -0.2) is 0 Å². The molecule has 1 atom stereocenters. The summed E-state index contributed by atoms with van der Waals surface area (Å²) in [7, 11) is 0.